The smallest absolute Gasteiger partial charge is 0.246 e. The maximum Gasteiger partial charge on any atom is 0.246 e. The molecule has 2 aromatic heterocycles. The highest BCUT2D eigenvalue weighted by Crippen LogP contribution is 2.40. The van der Waals surface area contributed by atoms with E-state index in [9.17, 15) is 19.1 Å². The van der Waals surface area contributed by atoms with E-state index in [4.69, 9.17) is 0 Å². The van der Waals surface area contributed by atoms with Crippen LogP contribution in [0.25, 0.3) is 11.3 Å². The van der Waals surface area contributed by atoms with Gasteiger partial charge in [-0.05, 0) is 36.1 Å². The van der Waals surface area contributed by atoms with Crippen molar-refractivity contribution < 1.29 is 23.5 Å². The average molecular weight is 592 g/mol. The monoisotopic (exact) mass is 591 g/mol. The number of carbonyl (C=O) groups is 2. The molecule has 1 aromatic carbocycles. The molecule has 1 saturated heterocycles. The largest absolute Gasteiger partial charge is 0.507 e. The molecule has 4 rings (SSSR count). The Balaban J connectivity index is 1.99. The number of aromatic hydroxyl groups is 1. The van der Waals surface area contributed by atoms with E-state index in [1.54, 1.807) is 4.90 Å². The summed E-state index contributed by atoms with van der Waals surface area (Å²) < 4.78 is 30.9. The number of aromatic nitrogens is 3. The molecular weight excluding hydrogens is 556 g/mol. The number of phenols is 1. The third-order valence-electron chi connectivity index (χ3n) is 7.25. The first-order valence-corrected chi connectivity index (χ1v) is 13.9. The summed E-state index contributed by atoms with van der Waals surface area (Å²) in [6.07, 6.45) is 3.22. The van der Waals surface area contributed by atoms with Crippen LogP contribution in [0, 0.1) is 11.6 Å². The average Bonchev–Trinajstić information content (AvgIpc) is 2.99. The fraction of sp³-hybridized carbons (Fsp3) is 0.355. The third kappa shape index (κ3) is 6.08. The summed E-state index contributed by atoms with van der Waals surface area (Å²) in [5.74, 6) is -2.51. The van der Waals surface area contributed by atoms with Gasteiger partial charge in [0.25, 0.3) is 0 Å². The second-order valence-corrected chi connectivity index (χ2v) is 10.7. The number of rotatable bonds is 8. The number of hydrogen-bond acceptors (Lipinski definition) is 7. The van der Waals surface area contributed by atoms with Crippen molar-refractivity contribution in [1.82, 2.24) is 24.8 Å². The Hall–Kier alpha value is -4.74. The van der Waals surface area contributed by atoms with Crippen LogP contribution in [0.5, 0.6) is 5.75 Å². The van der Waals surface area contributed by atoms with Gasteiger partial charge in [0, 0.05) is 33.2 Å². The number of carbonyl (C=O) groups excluding carboxylic acids is 2. The van der Waals surface area contributed by atoms with Gasteiger partial charge in [-0.2, -0.15) is 0 Å². The van der Waals surface area contributed by atoms with Crippen molar-refractivity contribution in [3.63, 3.8) is 0 Å². The summed E-state index contributed by atoms with van der Waals surface area (Å²) in [6.45, 7) is 12.7. The first-order valence-electron chi connectivity index (χ1n) is 13.9. The molecular formula is C31H35F2N7O3. The number of anilines is 2. The van der Waals surface area contributed by atoms with E-state index < -0.39 is 28.6 Å². The molecule has 0 aliphatic carbocycles. The summed E-state index contributed by atoms with van der Waals surface area (Å²) >= 11 is 0. The summed E-state index contributed by atoms with van der Waals surface area (Å²) in [7, 11) is 1.53. The molecule has 0 atom stereocenters. The van der Waals surface area contributed by atoms with Crippen LogP contribution in [0.4, 0.5) is 20.3 Å². The molecule has 3 aromatic rings. The lowest BCUT2D eigenvalue weighted by Gasteiger charge is -2.37. The van der Waals surface area contributed by atoms with Crippen LogP contribution in [0.1, 0.15) is 56.5 Å². The van der Waals surface area contributed by atoms with Crippen molar-refractivity contribution in [2.45, 2.75) is 39.5 Å². The Labute approximate surface area is 249 Å². The van der Waals surface area contributed by atoms with E-state index in [1.807, 2.05) is 32.6 Å². The minimum Gasteiger partial charge on any atom is -0.507 e. The normalized spacial score (nSPS) is 13.9. The number of nitrogens with zero attached hydrogens (tertiary/aromatic N) is 7. The van der Waals surface area contributed by atoms with Crippen LogP contribution in [0.15, 0.2) is 48.2 Å². The van der Waals surface area contributed by atoms with E-state index in [0.717, 1.165) is 12.1 Å². The number of amides is 2. The third-order valence-corrected chi connectivity index (χ3v) is 7.25. The number of pyridine rings is 1. The van der Waals surface area contributed by atoms with Crippen LogP contribution in [-0.4, -0.2) is 81.2 Å². The Bertz CT molecular complexity index is 1520. The topological polar surface area (TPSA) is 115 Å². The molecule has 1 aliphatic heterocycles. The van der Waals surface area contributed by atoms with Gasteiger partial charge >= 0.3 is 0 Å². The van der Waals surface area contributed by atoms with E-state index in [1.165, 1.54) is 36.5 Å². The molecule has 12 heteroatoms. The van der Waals surface area contributed by atoms with Crippen molar-refractivity contribution in [2.24, 2.45) is 4.99 Å². The van der Waals surface area contributed by atoms with Gasteiger partial charge in [0.2, 0.25) is 12.3 Å². The first kappa shape index (κ1) is 31.2. The number of piperazine rings is 1. The van der Waals surface area contributed by atoms with Gasteiger partial charge in [-0.3, -0.25) is 19.5 Å². The van der Waals surface area contributed by atoms with Gasteiger partial charge in [0.1, 0.15) is 29.4 Å². The van der Waals surface area contributed by atoms with Crippen molar-refractivity contribution in [3.8, 4) is 17.0 Å². The van der Waals surface area contributed by atoms with Crippen LogP contribution in [-0.2, 0) is 9.59 Å². The Kier molecular flexibility index (Phi) is 9.47. The maximum atomic E-state index is 15.9. The number of phenolic OH excluding ortho intramolecular Hbond substituents is 1. The van der Waals surface area contributed by atoms with Crippen molar-refractivity contribution in [3.05, 3.63) is 71.8 Å². The van der Waals surface area contributed by atoms with Crippen molar-refractivity contribution in [1.29, 1.82) is 0 Å². The van der Waals surface area contributed by atoms with Gasteiger partial charge in [0.15, 0.2) is 11.6 Å². The number of benzene rings is 1. The molecule has 43 heavy (non-hydrogen) atoms. The van der Waals surface area contributed by atoms with Gasteiger partial charge in [-0.15, -0.1) is 0 Å². The highest BCUT2D eigenvalue weighted by molar-refractivity contribution is 6.06. The first-order chi connectivity index (χ1) is 20.5. The standard InChI is InChI=1S/C31H35F2N7O3/c1-7-24(43)38-11-13-39(14-12-38)30(34-6)20-15-22(33)28(25-21(32)9-8-10-23(25)42)37-31(20)40(17-41)29-26(18(2)3)35-16-36-27(29)19(4)5/h7-10,15-19,42H,1,11-14H2,2-6H3/b34-30+. The van der Waals surface area contributed by atoms with Crippen LogP contribution in [0.2, 0.25) is 0 Å². The lowest BCUT2D eigenvalue weighted by molar-refractivity contribution is -0.127. The maximum absolute atomic E-state index is 15.9. The highest BCUT2D eigenvalue weighted by atomic mass is 19.1. The Morgan fingerprint density at radius 3 is 2.16 bits per heavy atom. The molecule has 1 aliphatic rings. The predicted octanol–water partition coefficient (Wildman–Crippen LogP) is 4.77. The molecule has 0 spiro atoms. The van der Waals surface area contributed by atoms with E-state index in [-0.39, 0.29) is 29.1 Å². The zero-order chi connectivity index (χ0) is 31.4. The van der Waals surface area contributed by atoms with Gasteiger partial charge in [-0.25, -0.2) is 23.7 Å². The Morgan fingerprint density at radius 1 is 1.05 bits per heavy atom. The van der Waals surface area contributed by atoms with Gasteiger partial charge < -0.3 is 14.9 Å². The van der Waals surface area contributed by atoms with Gasteiger partial charge in [0.05, 0.1) is 28.2 Å². The molecule has 3 heterocycles. The van der Waals surface area contributed by atoms with Crippen LogP contribution in [0.3, 0.4) is 0 Å². The van der Waals surface area contributed by atoms with E-state index >= 15 is 4.39 Å². The molecule has 0 radical (unpaired) electrons. The fourth-order valence-electron chi connectivity index (χ4n) is 5.16. The van der Waals surface area contributed by atoms with Crippen LogP contribution < -0.4 is 4.90 Å². The number of amidine groups is 1. The quantitative estimate of drug-likeness (QED) is 0.174. The predicted molar refractivity (Wildman–Crippen MR) is 160 cm³/mol. The summed E-state index contributed by atoms with van der Waals surface area (Å²) in [4.78, 5) is 47.8. The summed E-state index contributed by atoms with van der Waals surface area (Å²) in [5, 5.41) is 10.5. The Morgan fingerprint density at radius 2 is 1.65 bits per heavy atom. The minimum absolute atomic E-state index is 0.0437. The molecule has 0 unspecified atom stereocenters. The highest BCUT2D eigenvalue weighted by Gasteiger charge is 2.32. The molecule has 1 N–H and O–H groups in total. The van der Waals surface area contributed by atoms with Gasteiger partial charge in [-0.1, -0.05) is 40.3 Å². The zero-order valence-corrected chi connectivity index (χ0v) is 24.9. The van der Waals surface area contributed by atoms with Crippen LogP contribution >= 0.6 is 0 Å². The number of halogens is 2. The lowest BCUT2D eigenvalue weighted by atomic mass is 10.00. The molecule has 0 saturated carbocycles. The summed E-state index contributed by atoms with van der Waals surface area (Å²) in [6, 6.07) is 4.75. The molecule has 10 nitrogen and oxygen atoms in total. The van der Waals surface area contributed by atoms with E-state index in [0.29, 0.717) is 55.5 Å². The zero-order valence-electron chi connectivity index (χ0n) is 24.9. The lowest BCUT2D eigenvalue weighted by Crippen LogP contribution is -2.50. The second-order valence-electron chi connectivity index (χ2n) is 10.7. The SMILES string of the molecule is C=CC(=O)N1CCN(/C(=N/C)c2cc(F)c(-c3c(O)cccc3F)nc2N(C=O)c2c(C(C)C)ncnc2C(C)C)CC1. The number of hydrogen-bond donors (Lipinski definition) is 1. The molecule has 0 bridgehead atoms. The molecule has 1 fully saturated rings. The number of aliphatic imine (C=N–C) groups is 1. The molecule has 2 amide bonds. The minimum atomic E-state index is -0.927. The van der Waals surface area contributed by atoms with Crippen molar-refractivity contribution in [2.75, 3.05) is 38.1 Å². The fourth-order valence-corrected chi connectivity index (χ4v) is 5.16. The van der Waals surface area contributed by atoms with E-state index in [2.05, 4.69) is 26.5 Å². The molecule has 226 valence electrons. The second kappa shape index (κ2) is 13.1. The summed E-state index contributed by atoms with van der Waals surface area (Å²) in [5.41, 5.74) is 0.732. The van der Waals surface area contributed by atoms with Crippen molar-refractivity contribution >= 4 is 29.7 Å².